The Hall–Kier alpha value is -2.71. The number of rotatable bonds is 4. The molecule has 0 atom stereocenters. The zero-order valence-electron chi connectivity index (χ0n) is 10.1. The fourth-order valence-corrected chi connectivity index (χ4v) is 1.75. The quantitative estimate of drug-likeness (QED) is 0.754. The van der Waals surface area contributed by atoms with Crippen LogP contribution < -0.4 is 5.32 Å². The highest BCUT2D eigenvalue weighted by atomic mass is 19.3. The number of fused-ring (bicyclic) bond motifs is 1. The summed E-state index contributed by atoms with van der Waals surface area (Å²) in [6, 6.07) is 6.92. The molecule has 0 fully saturated rings. The van der Waals surface area contributed by atoms with Crippen LogP contribution in [0.25, 0.3) is 10.9 Å². The normalized spacial score (nSPS) is 11.2. The molecule has 0 spiro atoms. The Balaban J connectivity index is 1.98. The molecule has 0 amide bonds. The highest BCUT2D eigenvalue weighted by Gasteiger charge is 2.15. The van der Waals surface area contributed by atoms with Crippen molar-refractivity contribution in [2.45, 2.75) is 13.0 Å². The lowest BCUT2D eigenvalue weighted by Crippen LogP contribution is -2.07. The first-order chi connectivity index (χ1) is 9.74. The summed E-state index contributed by atoms with van der Waals surface area (Å²) in [4.78, 5) is 7.67. The van der Waals surface area contributed by atoms with Gasteiger partial charge < -0.3 is 5.32 Å². The summed E-state index contributed by atoms with van der Waals surface area (Å²) in [6.07, 6.45) is -2.73. The SMILES string of the molecule is FC(F)c1nc(NCc2nn[nH]n2)c2ccccc2n1. The number of alkyl halides is 2. The molecule has 0 aliphatic heterocycles. The molecular weight excluding hydrogens is 268 g/mol. The predicted octanol–water partition coefficient (Wildman–Crippen LogP) is 1.69. The van der Waals surface area contributed by atoms with Gasteiger partial charge in [-0.3, -0.25) is 0 Å². The van der Waals surface area contributed by atoms with Gasteiger partial charge in [0, 0.05) is 5.39 Å². The van der Waals surface area contributed by atoms with Gasteiger partial charge in [0.1, 0.15) is 5.82 Å². The van der Waals surface area contributed by atoms with Crippen LogP contribution in [0.5, 0.6) is 0 Å². The maximum atomic E-state index is 12.8. The van der Waals surface area contributed by atoms with Gasteiger partial charge in [-0.2, -0.15) is 5.21 Å². The third-order valence-electron chi connectivity index (χ3n) is 2.62. The van der Waals surface area contributed by atoms with Crippen LogP contribution in [0.1, 0.15) is 18.1 Å². The molecule has 2 heterocycles. The monoisotopic (exact) mass is 277 g/mol. The van der Waals surface area contributed by atoms with E-state index in [1.54, 1.807) is 24.3 Å². The van der Waals surface area contributed by atoms with Crippen molar-refractivity contribution < 1.29 is 8.78 Å². The summed E-state index contributed by atoms with van der Waals surface area (Å²) in [5.74, 6) is 0.210. The Morgan fingerprint density at radius 1 is 1.20 bits per heavy atom. The summed E-state index contributed by atoms with van der Waals surface area (Å²) in [5.41, 5.74) is 0.452. The number of nitrogens with zero attached hydrogens (tertiary/aromatic N) is 5. The number of para-hydroxylation sites is 1. The third kappa shape index (κ3) is 2.37. The number of halogens is 2. The molecule has 102 valence electrons. The summed E-state index contributed by atoms with van der Waals surface area (Å²) < 4.78 is 25.6. The Bertz CT molecular complexity index is 714. The summed E-state index contributed by atoms with van der Waals surface area (Å²) in [6.45, 7) is 0.222. The molecule has 3 rings (SSSR count). The lowest BCUT2D eigenvalue weighted by Gasteiger charge is -2.09. The molecule has 0 aliphatic rings. The van der Waals surface area contributed by atoms with Crippen LogP contribution in [-0.2, 0) is 6.54 Å². The van der Waals surface area contributed by atoms with Crippen LogP contribution in [0.4, 0.5) is 14.6 Å². The number of hydrogen-bond donors (Lipinski definition) is 2. The topological polar surface area (TPSA) is 92.3 Å². The van der Waals surface area contributed by atoms with E-state index in [1.807, 2.05) is 0 Å². The molecule has 0 unspecified atom stereocenters. The molecule has 7 nitrogen and oxygen atoms in total. The highest BCUT2D eigenvalue weighted by Crippen LogP contribution is 2.24. The van der Waals surface area contributed by atoms with E-state index in [2.05, 4.69) is 35.9 Å². The maximum Gasteiger partial charge on any atom is 0.297 e. The van der Waals surface area contributed by atoms with Crippen molar-refractivity contribution in [3.63, 3.8) is 0 Å². The van der Waals surface area contributed by atoms with Crippen LogP contribution in [0, 0.1) is 0 Å². The van der Waals surface area contributed by atoms with Crippen LogP contribution in [-0.4, -0.2) is 30.6 Å². The Labute approximate surface area is 111 Å². The molecule has 9 heteroatoms. The predicted molar refractivity (Wildman–Crippen MR) is 66.0 cm³/mol. The van der Waals surface area contributed by atoms with Crippen molar-refractivity contribution in [2.24, 2.45) is 0 Å². The largest absolute Gasteiger partial charge is 0.362 e. The first kappa shape index (κ1) is 12.3. The average Bonchev–Trinajstić information content (AvgIpc) is 2.97. The van der Waals surface area contributed by atoms with Crippen LogP contribution in [0.3, 0.4) is 0 Å². The number of tetrazole rings is 1. The van der Waals surface area contributed by atoms with Gasteiger partial charge in [0.25, 0.3) is 6.43 Å². The van der Waals surface area contributed by atoms with Gasteiger partial charge in [-0.1, -0.05) is 17.3 Å². The Kier molecular flexibility index (Phi) is 3.15. The van der Waals surface area contributed by atoms with E-state index in [1.165, 1.54) is 0 Å². The van der Waals surface area contributed by atoms with E-state index in [0.29, 0.717) is 22.5 Å². The molecule has 0 bridgehead atoms. The molecule has 3 aromatic rings. The van der Waals surface area contributed by atoms with Crippen LogP contribution >= 0.6 is 0 Å². The van der Waals surface area contributed by atoms with E-state index in [4.69, 9.17) is 0 Å². The number of hydrogen-bond acceptors (Lipinski definition) is 6. The molecule has 2 N–H and O–H groups in total. The number of H-pyrrole nitrogens is 1. The van der Waals surface area contributed by atoms with Crippen molar-refractivity contribution >= 4 is 16.7 Å². The van der Waals surface area contributed by atoms with E-state index in [-0.39, 0.29) is 6.54 Å². The third-order valence-corrected chi connectivity index (χ3v) is 2.62. The molecule has 0 aliphatic carbocycles. The lowest BCUT2D eigenvalue weighted by molar-refractivity contribution is 0.141. The summed E-state index contributed by atoms with van der Waals surface area (Å²) in [5, 5.41) is 16.8. The highest BCUT2D eigenvalue weighted by molar-refractivity contribution is 5.88. The zero-order chi connectivity index (χ0) is 13.9. The number of anilines is 1. The van der Waals surface area contributed by atoms with Gasteiger partial charge in [-0.25, -0.2) is 18.7 Å². The van der Waals surface area contributed by atoms with E-state index in [0.717, 1.165) is 0 Å². The van der Waals surface area contributed by atoms with Gasteiger partial charge in [0.15, 0.2) is 11.6 Å². The molecular formula is C11H9F2N7. The Morgan fingerprint density at radius 2 is 2.05 bits per heavy atom. The lowest BCUT2D eigenvalue weighted by atomic mass is 10.2. The van der Waals surface area contributed by atoms with Crippen LogP contribution in [0.15, 0.2) is 24.3 Å². The molecule has 20 heavy (non-hydrogen) atoms. The zero-order valence-corrected chi connectivity index (χ0v) is 10.1. The fourth-order valence-electron chi connectivity index (χ4n) is 1.75. The fraction of sp³-hybridized carbons (Fsp3) is 0.182. The molecule has 0 saturated heterocycles. The minimum atomic E-state index is -2.73. The number of aromatic nitrogens is 6. The number of aromatic amines is 1. The average molecular weight is 277 g/mol. The van der Waals surface area contributed by atoms with Gasteiger partial charge in [-0.05, 0) is 12.1 Å². The van der Waals surface area contributed by atoms with E-state index in [9.17, 15) is 8.78 Å². The van der Waals surface area contributed by atoms with Crippen molar-refractivity contribution in [3.05, 3.63) is 35.9 Å². The molecule has 2 aromatic heterocycles. The van der Waals surface area contributed by atoms with Crippen LogP contribution in [0.2, 0.25) is 0 Å². The second kappa shape index (κ2) is 5.11. The summed E-state index contributed by atoms with van der Waals surface area (Å²) >= 11 is 0. The molecule has 1 aromatic carbocycles. The standard InChI is InChI=1S/C11H9F2N7/c12-9(13)11-15-7-4-2-1-3-6(7)10(16-11)14-5-8-17-19-20-18-8/h1-4,9H,5H2,(H,14,15,16)(H,17,18,19,20). The van der Waals surface area contributed by atoms with Gasteiger partial charge in [0.2, 0.25) is 0 Å². The smallest absolute Gasteiger partial charge is 0.297 e. The van der Waals surface area contributed by atoms with Gasteiger partial charge in [0.05, 0.1) is 12.1 Å². The van der Waals surface area contributed by atoms with Crippen molar-refractivity contribution in [2.75, 3.05) is 5.32 Å². The Morgan fingerprint density at radius 3 is 2.80 bits per heavy atom. The van der Waals surface area contributed by atoms with Gasteiger partial charge >= 0.3 is 0 Å². The van der Waals surface area contributed by atoms with Crippen molar-refractivity contribution in [3.8, 4) is 0 Å². The van der Waals surface area contributed by atoms with Crippen molar-refractivity contribution in [1.82, 2.24) is 30.6 Å². The first-order valence-electron chi connectivity index (χ1n) is 5.75. The molecule has 0 radical (unpaired) electrons. The second-order valence-electron chi connectivity index (χ2n) is 3.93. The van der Waals surface area contributed by atoms with Crippen molar-refractivity contribution in [1.29, 1.82) is 0 Å². The number of benzene rings is 1. The minimum Gasteiger partial charge on any atom is -0.362 e. The minimum absolute atomic E-state index is 0.222. The maximum absolute atomic E-state index is 12.8. The summed E-state index contributed by atoms with van der Waals surface area (Å²) in [7, 11) is 0. The molecule has 0 saturated carbocycles. The second-order valence-corrected chi connectivity index (χ2v) is 3.93. The number of nitrogens with one attached hydrogen (secondary N) is 2. The van der Waals surface area contributed by atoms with E-state index < -0.39 is 12.2 Å². The first-order valence-corrected chi connectivity index (χ1v) is 5.75. The van der Waals surface area contributed by atoms with Gasteiger partial charge in [-0.15, -0.1) is 10.2 Å². The van der Waals surface area contributed by atoms with E-state index >= 15 is 0 Å².